The Morgan fingerprint density at radius 2 is 1.86 bits per heavy atom. The Morgan fingerprint density at radius 1 is 1.05 bits per heavy atom. The maximum absolute atomic E-state index is 13.4. The maximum atomic E-state index is 13.4. The second kappa shape index (κ2) is 4.97. The molecule has 2 N–H and O–H groups in total. The number of nitrogen functional groups attached to an aromatic ring is 1. The fourth-order valence-electron chi connectivity index (χ4n) is 1.98. The molecular weight excluding hydrogens is 276 g/mol. The van der Waals surface area contributed by atoms with Crippen LogP contribution in [0.1, 0.15) is 5.56 Å². The summed E-state index contributed by atoms with van der Waals surface area (Å²) in [6.45, 7) is 1.77. The van der Waals surface area contributed by atoms with Crippen LogP contribution in [0.2, 0.25) is 0 Å². The molecule has 6 heteroatoms. The summed E-state index contributed by atoms with van der Waals surface area (Å²) in [5, 5.41) is 3.79. The van der Waals surface area contributed by atoms with Gasteiger partial charge in [0.1, 0.15) is 11.6 Å². The second-order valence-corrected chi connectivity index (χ2v) is 4.68. The quantitative estimate of drug-likeness (QED) is 0.732. The van der Waals surface area contributed by atoms with E-state index in [2.05, 4.69) is 10.1 Å². The highest BCUT2D eigenvalue weighted by Gasteiger charge is 2.13. The van der Waals surface area contributed by atoms with Crippen molar-refractivity contribution in [2.75, 3.05) is 5.73 Å². The van der Waals surface area contributed by atoms with Gasteiger partial charge in [0.15, 0.2) is 0 Å². The zero-order chi connectivity index (χ0) is 15.0. The largest absolute Gasteiger partial charge is 0.396 e. The van der Waals surface area contributed by atoms with Crippen molar-refractivity contribution < 1.29 is 13.3 Å². The van der Waals surface area contributed by atoms with Crippen molar-refractivity contribution >= 4 is 5.69 Å². The van der Waals surface area contributed by atoms with Gasteiger partial charge in [-0.15, -0.1) is 0 Å². The molecule has 0 aliphatic heterocycles. The number of halogens is 2. The number of rotatable bonds is 2. The standard InChI is InChI=1S/C15H11F2N3O/c1-8-4-10(6-11(16)5-8)14-19-15(21-20-14)9-2-3-13(18)12(17)7-9/h2-7H,18H2,1H3. The van der Waals surface area contributed by atoms with E-state index in [0.717, 1.165) is 5.56 Å². The molecule has 0 amide bonds. The Labute approximate surface area is 119 Å². The van der Waals surface area contributed by atoms with Crippen molar-refractivity contribution in [3.8, 4) is 22.8 Å². The van der Waals surface area contributed by atoms with Gasteiger partial charge < -0.3 is 10.3 Å². The van der Waals surface area contributed by atoms with Crippen molar-refractivity contribution in [2.45, 2.75) is 6.92 Å². The number of hydrogen-bond acceptors (Lipinski definition) is 4. The van der Waals surface area contributed by atoms with Crippen molar-refractivity contribution in [3.05, 3.63) is 53.6 Å². The Kier molecular flexibility index (Phi) is 3.13. The minimum atomic E-state index is -0.561. The normalized spacial score (nSPS) is 10.8. The van der Waals surface area contributed by atoms with Crippen LogP contribution >= 0.6 is 0 Å². The van der Waals surface area contributed by atoms with E-state index in [9.17, 15) is 8.78 Å². The van der Waals surface area contributed by atoms with Crippen LogP contribution in [0.5, 0.6) is 0 Å². The van der Waals surface area contributed by atoms with E-state index in [1.54, 1.807) is 19.1 Å². The number of nitrogens with two attached hydrogens (primary N) is 1. The highest BCUT2D eigenvalue weighted by Crippen LogP contribution is 2.25. The first kappa shape index (κ1) is 13.2. The van der Waals surface area contributed by atoms with E-state index < -0.39 is 5.82 Å². The summed E-state index contributed by atoms with van der Waals surface area (Å²) in [5.41, 5.74) is 7.11. The van der Waals surface area contributed by atoms with Crippen LogP contribution in [-0.4, -0.2) is 10.1 Å². The van der Waals surface area contributed by atoms with Crippen LogP contribution in [0, 0.1) is 18.6 Å². The Bertz CT molecular complexity index is 794. The highest BCUT2D eigenvalue weighted by atomic mass is 19.1. The Morgan fingerprint density at radius 3 is 2.57 bits per heavy atom. The van der Waals surface area contributed by atoms with Gasteiger partial charge in [0.25, 0.3) is 5.89 Å². The van der Waals surface area contributed by atoms with Gasteiger partial charge in [-0.25, -0.2) is 8.78 Å². The lowest BCUT2D eigenvalue weighted by atomic mass is 10.1. The van der Waals surface area contributed by atoms with Crippen LogP contribution < -0.4 is 5.73 Å². The summed E-state index contributed by atoms with van der Waals surface area (Å²) in [6, 6.07) is 8.66. The number of aromatic nitrogens is 2. The maximum Gasteiger partial charge on any atom is 0.258 e. The van der Waals surface area contributed by atoms with Gasteiger partial charge in [0.05, 0.1) is 5.69 Å². The third-order valence-corrected chi connectivity index (χ3v) is 2.97. The molecule has 3 aromatic rings. The van der Waals surface area contributed by atoms with Gasteiger partial charge >= 0.3 is 0 Å². The van der Waals surface area contributed by atoms with Crippen molar-refractivity contribution in [2.24, 2.45) is 0 Å². The molecule has 0 saturated carbocycles. The zero-order valence-corrected chi connectivity index (χ0v) is 11.1. The predicted octanol–water partition coefficient (Wildman–Crippen LogP) is 3.57. The molecule has 106 valence electrons. The molecule has 2 aromatic carbocycles. The van der Waals surface area contributed by atoms with Crippen LogP contribution in [-0.2, 0) is 0 Å². The molecule has 4 nitrogen and oxygen atoms in total. The average Bonchev–Trinajstić information content (AvgIpc) is 2.90. The average molecular weight is 287 g/mol. The second-order valence-electron chi connectivity index (χ2n) is 4.68. The summed E-state index contributed by atoms with van der Waals surface area (Å²) in [7, 11) is 0. The van der Waals surface area contributed by atoms with Gasteiger partial charge in [-0.05, 0) is 48.9 Å². The number of aryl methyl sites for hydroxylation is 1. The molecule has 0 saturated heterocycles. The lowest BCUT2D eigenvalue weighted by molar-refractivity contribution is 0.432. The molecule has 0 spiro atoms. The zero-order valence-electron chi connectivity index (χ0n) is 11.1. The van der Waals surface area contributed by atoms with Crippen molar-refractivity contribution in [1.29, 1.82) is 0 Å². The number of nitrogens with zero attached hydrogens (tertiary/aromatic N) is 2. The summed E-state index contributed by atoms with van der Waals surface area (Å²) < 4.78 is 31.9. The SMILES string of the molecule is Cc1cc(F)cc(-c2noc(-c3ccc(N)c(F)c3)n2)c1. The number of anilines is 1. The van der Waals surface area contributed by atoms with Gasteiger partial charge in [0.2, 0.25) is 5.82 Å². The van der Waals surface area contributed by atoms with E-state index in [0.29, 0.717) is 11.1 Å². The molecule has 0 radical (unpaired) electrons. The molecule has 21 heavy (non-hydrogen) atoms. The van der Waals surface area contributed by atoms with Gasteiger partial charge in [0, 0.05) is 11.1 Å². The third kappa shape index (κ3) is 2.60. The highest BCUT2D eigenvalue weighted by molar-refractivity contribution is 5.62. The molecule has 0 bridgehead atoms. The van der Waals surface area contributed by atoms with E-state index in [-0.39, 0.29) is 23.2 Å². The van der Waals surface area contributed by atoms with E-state index in [1.807, 2.05) is 0 Å². The smallest absolute Gasteiger partial charge is 0.258 e. The fraction of sp³-hybridized carbons (Fsp3) is 0.0667. The van der Waals surface area contributed by atoms with E-state index >= 15 is 0 Å². The Balaban J connectivity index is 2.01. The molecule has 0 aliphatic rings. The number of hydrogen-bond donors (Lipinski definition) is 1. The lowest BCUT2D eigenvalue weighted by Gasteiger charge is -1.98. The molecule has 1 heterocycles. The summed E-state index contributed by atoms with van der Waals surface area (Å²) >= 11 is 0. The van der Waals surface area contributed by atoms with E-state index in [4.69, 9.17) is 10.3 Å². The molecule has 0 fully saturated rings. The van der Waals surface area contributed by atoms with Gasteiger partial charge in [-0.1, -0.05) is 5.16 Å². The molecule has 0 aliphatic carbocycles. The molecule has 1 aromatic heterocycles. The minimum Gasteiger partial charge on any atom is -0.396 e. The van der Waals surface area contributed by atoms with Crippen LogP contribution in [0.4, 0.5) is 14.5 Å². The third-order valence-electron chi connectivity index (χ3n) is 2.97. The van der Waals surface area contributed by atoms with Crippen LogP contribution in [0.15, 0.2) is 40.9 Å². The van der Waals surface area contributed by atoms with Crippen molar-refractivity contribution in [3.63, 3.8) is 0 Å². The molecule has 3 rings (SSSR count). The first-order valence-electron chi connectivity index (χ1n) is 6.19. The summed E-state index contributed by atoms with van der Waals surface area (Å²) in [6.07, 6.45) is 0. The van der Waals surface area contributed by atoms with Gasteiger partial charge in [-0.2, -0.15) is 4.98 Å². The fourth-order valence-corrected chi connectivity index (χ4v) is 1.98. The van der Waals surface area contributed by atoms with E-state index in [1.165, 1.54) is 24.3 Å². The minimum absolute atomic E-state index is 0.0410. The molecule has 0 unspecified atom stereocenters. The summed E-state index contributed by atoms with van der Waals surface area (Å²) in [5.74, 6) is -0.556. The van der Waals surface area contributed by atoms with Gasteiger partial charge in [-0.3, -0.25) is 0 Å². The first-order chi connectivity index (χ1) is 10.0. The van der Waals surface area contributed by atoms with Crippen molar-refractivity contribution in [1.82, 2.24) is 10.1 Å². The summed E-state index contributed by atoms with van der Waals surface area (Å²) in [4.78, 5) is 4.15. The monoisotopic (exact) mass is 287 g/mol. The lowest BCUT2D eigenvalue weighted by Crippen LogP contribution is -1.90. The predicted molar refractivity (Wildman–Crippen MR) is 74.2 cm³/mol. The number of benzene rings is 2. The first-order valence-corrected chi connectivity index (χ1v) is 6.19. The Hall–Kier alpha value is -2.76. The van der Waals surface area contributed by atoms with Crippen LogP contribution in [0.25, 0.3) is 22.8 Å². The molecular formula is C15H11F2N3O. The van der Waals surface area contributed by atoms with Crippen LogP contribution in [0.3, 0.4) is 0 Å². The topological polar surface area (TPSA) is 64.9 Å². The molecule has 0 atom stereocenters.